The molecule has 0 spiro atoms. The highest BCUT2D eigenvalue weighted by Gasteiger charge is 2.18. The maximum Gasteiger partial charge on any atom is 0.255 e. The zero-order chi connectivity index (χ0) is 23.4. The second-order valence-electron chi connectivity index (χ2n) is 7.68. The van der Waals surface area contributed by atoms with E-state index in [1.54, 1.807) is 43.3 Å². The lowest BCUT2D eigenvalue weighted by Gasteiger charge is -2.11. The lowest BCUT2D eigenvalue weighted by Crippen LogP contribution is -2.25. The number of benzene rings is 3. The van der Waals surface area contributed by atoms with Crippen LogP contribution in [0.5, 0.6) is 0 Å². The van der Waals surface area contributed by atoms with Gasteiger partial charge in [0.2, 0.25) is 0 Å². The normalized spacial score (nSPS) is 10.7. The van der Waals surface area contributed by atoms with Crippen molar-refractivity contribution in [3.8, 4) is 11.3 Å². The summed E-state index contributed by atoms with van der Waals surface area (Å²) in [6, 6.07) is 21.4. The van der Waals surface area contributed by atoms with Gasteiger partial charge in [-0.2, -0.15) is 0 Å². The molecule has 1 aromatic heterocycles. The molecule has 0 radical (unpaired) electrons. The molecule has 33 heavy (non-hydrogen) atoms. The Kier molecular flexibility index (Phi) is 6.36. The van der Waals surface area contributed by atoms with Crippen LogP contribution >= 0.6 is 0 Å². The van der Waals surface area contributed by atoms with Crippen molar-refractivity contribution in [3.63, 3.8) is 0 Å². The molecule has 4 rings (SSSR count). The number of carbonyl (C=O) groups excluding carboxylic acids is 2. The fraction of sp³-hybridized carbons (Fsp3) is 0.148. The van der Waals surface area contributed by atoms with Crippen molar-refractivity contribution in [1.82, 2.24) is 10.6 Å². The summed E-state index contributed by atoms with van der Waals surface area (Å²) in [7, 11) is 0. The highest BCUT2D eigenvalue weighted by molar-refractivity contribution is 6.05. The molecule has 2 N–H and O–H groups in total. The summed E-state index contributed by atoms with van der Waals surface area (Å²) in [5.74, 6) is -0.0802. The Hall–Kier alpha value is -4.19. The molecule has 0 bridgehead atoms. The Labute approximate surface area is 191 Å². The van der Waals surface area contributed by atoms with E-state index in [2.05, 4.69) is 10.6 Å². The van der Waals surface area contributed by atoms with Crippen LogP contribution in [-0.2, 0) is 6.54 Å². The molecule has 0 unspecified atom stereocenters. The highest BCUT2D eigenvalue weighted by Crippen LogP contribution is 2.27. The van der Waals surface area contributed by atoms with E-state index in [9.17, 15) is 14.4 Å². The van der Waals surface area contributed by atoms with Gasteiger partial charge in [0, 0.05) is 29.8 Å². The van der Waals surface area contributed by atoms with Crippen molar-refractivity contribution in [1.29, 1.82) is 0 Å². The Morgan fingerprint density at radius 3 is 2.39 bits per heavy atom. The number of hydrogen-bond acceptors (Lipinski definition) is 4. The molecule has 3 aromatic carbocycles. The van der Waals surface area contributed by atoms with Crippen LogP contribution in [0.3, 0.4) is 0 Å². The number of hydrogen-bond donors (Lipinski definition) is 2. The van der Waals surface area contributed by atoms with Gasteiger partial charge in [0.15, 0.2) is 11.0 Å². The molecule has 0 aliphatic carbocycles. The van der Waals surface area contributed by atoms with Crippen molar-refractivity contribution < 1.29 is 14.0 Å². The topological polar surface area (TPSA) is 88.4 Å². The SMILES string of the molecule is CCNC(=O)c1cccc(CNC(=O)c2cccc3c(=O)c(C)c(-c4ccccc4)oc23)c1. The molecule has 2 amide bonds. The summed E-state index contributed by atoms with van der Waals surface area (Å²) in [6.45, 7) is 4.35. The molecule has 0 atom stereocenters. The van der Waals surface area contributed by atoms with Crippen LogP contribution in [0.4, 0.5) is 0 Å². The van der Waals surface area contributed by atoms with Gasteiger partial charge in [-0.05, 0) is 43.7 Å². The predicted molar refractivity (Wildman–Crippen MR) is 128 cm³/mol. The van der Waals surface area contributed by atoms with E-state index in [1.165, 1.54) is 0 Å². The predicted octanol–water partition coefficient (Wildman–Crippen LogP) is 4.45. The molecule has 0 saturated carbocycles. The third-order valence-electron chi connectivity index (χ3n) is 5.41. The Morgan fingerprint density at radius 2 is 1.64 bits per heavy atom. The Bertz CT molecular complexity index is 1390. The minimum absolute atomic E-state index is 0.162. The second kappa shape index (κ2) is 9.53. The van der Waals surface area contributed by atoms with Crippen LogP contribution in [0.1, 0.15) is 38.8 Å². The number of para-hydroxylation sites is 1. The van der Waals surface area contributed by atoms with E-state index in [0.29, 0.717) is 28.8 Å². The van der Waals surface area contributed by atoms with Gasteiger partial charge >= 0.3 is 0 Å². The first kappa shape index (κ1) is 22.0. The minimum Gasteiger partial charge on any atom is -0.455 e. The van der Waals surface area contributed by atoms with Gasteiger partial charge in [-0.25, -0.2) is 0 Å². The van der Waals surface area contributed by atoms with E-state index in [-0.39, 0.29) is 34.9 Å². The smallest absolute Gasteiger partial charge is 0.255 e. The molecule has 0 saturated heterocycles. The van der Waals surface area contributed by atoms with Gasteiger partial charge in [0.25, 0.3) is 11.8 Å². The maximum absolute atomic E-state index is 13.0. The third kappa shape index (κ3) is 4.55. The summed E-state index contributed by atoms with van der Waals surface area (Å²) in [5, 5.41) is 5.99. The number of amides is 2. The van der Waals surface area contributed by atoms with E-state index in [0.717, 1.165) is 11.1 Å². The number of fused-ring (bicyclic) bond motifs is 1. The van der Waals surface area contributed by atoms with E-state index >= 15 is 0 Å². The molecule has 0 aliphatic rings. The van der Waals surface area contributed by atoms with E-state index < -0.39 is 0 Å². The van der Waals surface area contributed by atoms with Crippen molar-refractivity contribution in [2.24, 2.45) is 0 Å². The molecular weight excluding hydrogens is 416 g/mol. The average Bonchev–Trinajstić information content (AvgIpc) is 2.85. The van der Waals surface area contributed by atoms with Gasteiger partial charge in [0.05, 0.1) is 10.9 Å². The largest absolute Gasteiger partial charge is 0.455 e. The van der Waals surface area contributed by atoms with Gasteiger partial charge in [0.1, 0.15) is 5.76 Å². The summed E-state index contributed by atoms with van der Waals surface area (Å²) >= 11 is 0. The first-order valence-corrected chi connectivity index (χ1v) is 10.8. The molecule has 6 nitrogen and oxygen atoms in total. The third-order valence-corrected chi connectivity index (χ3v) is 5.41. The monoisotopic (exact) mass is 440 g/mol. The van der Waals surface area contributed by atoms with Gasteiger partial charge < -0.3 is 15.1 Å². The van der Waals surface area contributed by atoms with Crippen molar-refractivity contribution in [2.45, 2.75) is 20.4 Å². The van der Waals surface area contributed by atoms with Crippen LogP contribution in [0.2, 0.25) is 0 Å². The number of carbonyl (C=O) groups is 2. The van der Waals surface area contributed by atoms with E-state index in [1.807, 2.05) is 43.3 Å². The Morgan fingerprint density at radius 1 is 0.879 bits per heavy atom. The summed E-state index contributed by atoms with van der Waals surface area (Å²) in [5.41, 5.74) is 2.94. The van der Waals surface area contributed by atoms with Crippen LogP contribution in [0, 0.1) is 6.92 Å². The molecule has 4 aromatic rings. The molecule has 6 heteroatoms. The maximum atomic E-state index is 13.0. The first-order chi connectivity index (χ1) is 16.0. The first-order valence-electron chi connectivity index (χ1n) is 10.8. The molecule has 0 fully saturated rings. The van der Waals surface area contributed by atoms with Gasteiger partial charge in [-0.3, -0.25) is 14.4 Å². The standard InChI is InChI=1S/C27H24N2O4/c1-3-28-26(31)20-12-7-9-18(15-20)16-29-27(32)22-14-8-13-21-23(30)17(2)24(33-25(21)22)19-10-5-4-6-11-19/h4-15H,3,16H2,1-2H3,(H,28,31)(H,29,32). The molecule has 1 heterocycles. The lowest BCUT2D eigenvalue weighted by atomic mass is 10.0. The lowest BCUT2D eigenvalue weighted by molar-refractivity contribution is 0.0947. The molecular formula is C27H24N2O4. The van der Waals surface area contributed by atoms with Gasteiger partial charge in [-0.15, -0.1) is 0 Å². The molecule has 166 valence electrons. The van der Waals surface area contributed by atoms with Crippen LogP contribution in [-0.4, -0.2) is 18.4 Å². The minimum atomic E-state index is -0.366. The van der Waals surface area contributed by atoms with Crippen molar-refractivity contribution in [2.75, 3.05) is 6.54 Å². The summed E-state index contributed by atoms with van der Waals surface area (Å²) in [6.07, 6.45) is 0. The van der Waals surface area contributed by atoms with Crippen LogP contribution in [0.15, 0.2) is 82.0 Å². The summed E-state index contributed by atoms with van der Waals surface area (Å²) in [4.78, 5) is 38.1. The summed E-state index contributed by atoms with van der Waals surface area (Å²) < 4.78 is 6.13. The molecule has 0 aliphatic heterocycles. The zero-order valence-corrected chi connectivity index (χ0v) is 18.5. The van der Waals surface area contributed by atoms with Crippen LogP contribution < -0.4 is 16.1 Å². The van der Waals surface area contributed by atoms with Gasteiger partial charge in [-0.1, -0.05) is 48.5 Å². The van der Waals surface area contributed by atoms with Crippen molar-refractivity contribution in [3.05, 3.63) is 105 Å². The zero-order valence-electron chi connectivity index (χ0n) is 18.5. The quantitative estimate of drug-likeness (QED) is 0.464. The fourth-order valence-corrected chi connectivity index (χ4v) is 3.72. The Balaban J connectivity index is 1.65. The van der Waals surface area contributed by atoms with Crippen LogP contribution in [0.25, 0.3) is 22.3 Å². The number of rotatable bonds is 6. The fourth-order valence-electron chi connectivity index (χ4n) is 3.72. The van der Waals surface area contributed by atoms with Crippen molar-refractivity contribution >= 4 is 22.8 Å². The van der Waals surface area contributed by atoms with E-state index in [4.69, 9.17) is 4.42 Å². The average molecular weight is 440 g/mol. The second-order valence-corrected chi connectivity index (χ2v) is 7.68. The highest BCUT2D eigenvalue weighted by atomic mass is 16.3. The number of nitrogens with one attached hydrogen (secondary N) is 2.